The standard InChI is InChI=1S/C29H31F3N4O2/c1-29(31,32)23-11-9-21(10-12-23)25-3-2-14-36(25)27-26(30)24(33-19-34-27)13-6-20-4-7-22(8-5-20)28(37)35-15-17-38-18-16-35/h4-5,7-12,19,25H,2-3,6,13-18H2,1H3. The number of aryl methyl sites for hydroxylation is 2. The van der Waals surface area contributed by atoms with Gasteiger partial charge in [0.1, 0.15) is 6.33 Å². The number of nitrogens with zero attached hydrogens (tertiary/aromatic N) is 4. The number of aromatic nitrogens is 2. The normalized spacial score (nSPS) is 18.2. The van der Waals surface area contributed by atoms with Crippen molar-refractivity contribution in [2.24, 2.45) is 0 Å². The second-order valence-electron chi connectivity index (χ2n) is 9.92. The first-order chi connectivity index (χ1) is 18.3. The van der Waals surface area contributed by atoms with Gasteiger partial charge in [-0.3, -0.25) is 4.79 Å². The lowest BCUT2D eigenvalue weighted by atomic mass is 10.0. The minimum absolute atomic E-state index is 0.00968. The Hall–Kier alpha value is -3.46. The maximum atomic E-state index is 15.6. The zero-order chi connectivity index (χ0) is 26.7. The van der Waals surface area contributed by atoms with Crippen LogP contribution in [0.3, 0.4) is 0 Å². The molecule has 1 unspecified atom stereocenters. The van der Waals surface area contributed by atoms with Crippen LogP contribution in [0.4, 0.5) is 19.0 Å². The highest BCUT2D eigenvalue weighted by molar-refractivity contribution is 5.94. The molecule has 0 radical (unpaired) electrons. The van der Waals surface area contributed by atoms with E-state index in [0.717, 1.165) is 30.9 Å². The molecule has 200 valence electrons. The van der Waals surface area contributed by atoms with Gasteiger partial charge in [0.2, 0.25) is 0 Å². The number of morpholine rings is 1. The highest BCUT2D eigenvalue weighted by Crippen LogP contribution is 2.37. The summed E-state index contributed by atoms with van der Waals surface area (Å²) in [4.78, 5) is 24.8. The van der Waals surface area contributed by atoms with E-state index in [-0.39, 0.29) is 23.3 Å². The molecule has 9 heteroatoms. The highest BCUT2D eigenvalue weighted by atomic mass is 19.3. The Kier molecular flexibility index (Phi) is 7.65. The van der Waals surface area contributed by atoms with Gasteiger partial charge in [0.05, 0.1) is 24.9 Å². The molecule has 0 spiro atoms. The zero-order valence-electron chi connectivity index (χ0n) is 21.4. The molecule has 3 heterocycles. The van der Waals surface area contributed by atoms with Crippen LogP contribution < -0.4 is 4.90 Å². The molecule has 1 aromatic heterocycles. The van der Waals surface area contributed by atoms with E-state index in [4.69, 9.17) is 4.74 Å². The van der Waals surface area contributed by atoms with Gasteiger partial charge < -0.3 is 14.5 Å². The molecule has 2 fully saturated rings. The van der Waals surface area contributed by atoms with Gasteiger partial charge in [-0.25, -0.2) is 23.1 Å². The lowest BCUT2D eigenvalue weighted by Gasteiger charge is -2.27. The van der Waals surface area contributed by atoms with Crippen LogP contribution in [0.25, 0.3) is 0 Å². The van der Waals surface area contributed by atoms with E-state index in [0.29, 0.717) is 56.9 Å². The van der Waals surface area contributed by atoms with Gasteiger partial charge in [-0.05, 0) is 48.9 Å². The minimum Gasteiger partial charge on any atom is -0.378 e. The first kappa shape index (κ1) is 26.2. The Balaban J connectivity index is 1.26. The summed E-state index contributed by atoms with van der Waals surface area (Å²) in [7, 11) is 0. The molecule has 38 heavy (non-hydrogen) atoms. The molecule has 6 nitrogen and oxygen atoms in total. The Morgan fingerprint density at radius 1 is 1.00 bits per heavy atom. The van der Waals surface area contributed by atoms with E-state index in [2.05, 4.69) is 9.97 Å². The number of rotatable bonds is 7. The number of carbonyl (C=O) groups is 1. The molecule has 2 saturated heterocycles. The van der Waals surface area contributed by atoms with Crippen molar-refractivity contribution < 1.29 is 22.7 Å². The molecule has 0 bridgehead atoms. The van der Waals surface area contributed by atoms with Gasteiger partial charge in [0, 0.05) is 37.7 Å². The lowest BCUT2D eigenvalue weighted by molar-refractivity contribution is 0.0174. The molecule has 1 amide bonds. The molecule has 2 aromatic carbocycles. The number of alkyl halides is 2. The van der Waals surface area contributed by atoms with Crippen LogP contribution in [0.1, 0.15) is 58.5 Å². The fourth-order valence-corrected chi connectivity index (χ4v) is 5.16. The van der Waals surface area contributed by atoms with Crippen molar-refractivity contribution in [1.82, 2.24) is 14.9 Å². The van der Waals surface area contributed by atoms with Crippen molar-refractivity contribution in [2.75, 3.05) is 37.7 Å². The fraction of sp³-hybridized carbons (Fsp3) is 0.414. The molecular weight excluding hydrogens is 493 g/mol. The molecule has 3 aromatic rings. The third kappa shape index (κ3) is 5.67. The second kappa shape index (κ2) is 11.1. The molecule has 0 saturated carbocycles. The smallest absolute Gasteiger partial charge is 0.270 e. The van der Waals surface area contributed by atoms with E-state index in [9.17, 15) is 13.6 Å². The highest BCUT2D eigenvalue weighted by Gasteiger charge is 2.31. The number of carbonyl (C=O) groups excluding carboxylic acids is 1. The van der Waals surface area contributed by atoms with Crippen molar-refractivity contribution in [3.63, 3.8) is 0 Å². The molecular formula is C29H31F3N4O2. The number of benzene rings is 2. The summed E-state index contributed by atoms with van der Waals surface area (Å²) in [6, 6.07) is 13.5. The van der Waals surface area contributed by atoms with Crippen LogP contribution in [-0.4, -0.2) is 53.6 Å². The maximum absolute atomic E-state index is 15.6. The van der Waals surface area contributed by atoms with Crippen LogP contribution in [0, 0.1) is 5.82 Å². The van der Waals surface area contributed by atoms with Crippen LogP contribution >= 0.6 is 0 Å². The van der Waals surface area contributed by atoms with Crippen molar-refractivity contribution in [1.29, 1.82) is 0 Å². The van der Waals surface area contributed by atoms with Crippen LogP contribution in [0.15, 0.2) is 54.9 Å². The van der Waals surface area contributed by atoms with Gasteiger partial charge in [-0.2, -0.15) is 0 Å². The summed E-state index contributed by atoms with van der Waals surface area (Å²) >= 11 is 0. The predicted molar refractivity (Wildman–Crippen MR) is 138 cm³/mol. The first-order valence-corrected chi connectivity index (χ1v) is 13.0. The number of amides is 1. The van der Waals surface area contributed by atoms with E-state index in [1.54, 1.807) is 17.0 Å². The maximum Gasteiger partial charge on any atom is 0.270 e. The molecule has 0 aliphatic carbocycles. The average Bonchev–Trinajstić information content (AvgIpc) is 3.42. The van der Waals surface area contributed by atoms with Crippen LogP contribution in [-0.2, 0) is 23.5 Å². The summed E-state index contributed by atoms with van der Waals surface area (Å²) in [5.74, 6) is -3.12. The van der Waals surface area contributed by atoms with Gasteiger partial charge in [-0.1, -0.05) is 36.4 Å². The number of halogens is 3. The Morgan fingerprint density at radius 3 is 2.39 bits per heavy atom. The molecule has 5 rings (SSSR count). The van der Waals surface area contributed by atoms with Gasteiger partial charge >= 0.3 is 0 Å². The topological polar surface area (TPSA) is 58.6 Å². The number of ether oxygens (including phenoxy) is 1. The summed E-state index contributed by atoms with van der Waals surface area (Å²) in [5.41, 5.74) is 2.76. The summed E-state index contributed by atoms with van der Waals surface area (Å²) in [6.07, 6.45) is 3.97. The Bertz CT molecular complexity index is 1260. The van der Waals surface area contributed by atoms with E-state index in [1.807, 2.05) is 29.2 Å². The quantitative estimate of drug-likeness (QED) is 0.418. The third-order valence-electron chi connectivity index (χ3n) is 7.32. The van der Waals surface area contributed by atoms with E-state index in [1.165, 1.54) is 18.5 Å². The van der Waals surface area contributed by atoms with Crippen molar-refractivity contribution in [2.45, 2.75) is 44.6 Å². The van der Waals surface area contributed by atoms with Crippen LogP contribution in [0.5, 0.6) is 0 Å². The SMILES string of the molecule is CC(F)(F)c1ccc(C2CCCN2c2ncnc(CCc3ccc(C(=O)N4CCOCC4)cc3)c2F)cc1. The van der Waals surface area contributed by atoms with Gasteiger partial charge in [-0.15, -0.1) is 0 Å². The number of hydrogen-bond acceptors (Lipinski definition) is 5. The first-order valence-electron chi connectivity index (χ1n) is 13.0. The fourth-order valence-electron chi connectivity index (χ4n) is 5.16. The predicted octanol–water partition coefficient (Wildman–Crippen LogP) is 5.33. The zero-order valence-corrected chi connectivity index (χ0v) is 21.4. The third-order valence-corrected chi connectivity index (χ3v) is 7.32. The van der Waals surface area contributed by atoms with Crippen molar-refractivity contribution >= 4 is 11.7 Å². The molecule has 2 aliphatic rings. The van der Waals surface area contributed by atoms with Crippen molar-refractivity contribution in [3.8, 4) is 0 Å². The van der Waals surface area contributed by atoms with E-state index >= 15 is 4.39 Å². The summed E-state index contributed by atoms with van der Waals surface area (Å²) in [6.45, 7) is 3.79. The Labute approximate surface area is 220 Å². The largest absolute Gasteiger partial charge is 0.378 e. The monoisotopic (exact) mass is 524 g/mol. The van der Waals surface area contributed by atoms with E-state index < -0.39 is 11.7 Å². The van der Waals surface area contributed by atoms with Gasteiger partial charge in [0.15, 0.2) is 11.6 Å². The lowest BCUT2D eigenvalue weighted by Crippen LogP contribution is -2.40. The average molecular weight is 525 g/mol. The molecule has 0 N–H and O–H groups in total. The van der Waals surface area contributed by atoms with Gasteiger partial charge in [0.25, 0.3) is 11.8 Å². The van der Waals surface area contributed by atoms with Crippen LogP contribution in [0.2, 0.25) is 0 Å². The van der Waals surface area contributed by atoms with Crippen molar-refractivity contribution in [3.05, 3.63) is 88.6 Å². The molecule has 1 atom stereocenters. The second-order valence-corrected chi connectivity index (χ2v) is 9.92. The number of anilines is 1. The Morgan fingerprint density at radius 2 is 1.71 bits per heavy atom. The summed E-state index contributed by atoms with van der Waals surface area (Å²) < 4.78 is 48.2. The minimum atomic E-state index is -2.90. The summed E-state index contributed by atoms with van der Waals surface area (Å²) in [5, 5.41) is 0. The number of hydrogen-bond donors (Lipinski definition) is 0. The molecule has 2 aliphatic heterocycles.